The van der Waals surface area contributed by atoms with Crippen molar-refractivity contribution in [3.63, 3.8) is 0 Å². The predicted molar refractivity (Wildman–Crippen MR) is 63.5 cm³/mol. The van der Waals surface area contributed by atoms with E-state index >= 15 is 0 Å². The number of hydrogen-bond donors (Lipinski definition) is 1. The van der Waals surface area contributed by atoms with Crippen molar-refractivity contribution in [2.75, 3.05) is 20.1 Å². The van der Waals surface area contributed by atoms with Crippen LogP contribution in [0.15, 0.2) is 30.3 Å². The molecular formula is C11H16N2O2S. The maximum atomic E-state index is 11.9. The van der Waals surface area contributed by atoms with Crippen LogP contribution in [-0.4, -0.2) is 38.9 Å². The minimum Gasteiger partial charge on any atom is -0.314 e. The van der Waals surface area contributed by atoms with Crippen LogP contribution in [0.25, 0.3) is 0 Å². The third kappa shape index (κ3) is 2.42. The van der Waals surface area contributed by atoms with Crippen molar-refractivity contribution in [3.8, 4) is 0 Å². The van der Waals surface area contributed by atoms with Gasteiger partial charge in [0.2, 0.25) is 10.0 Å². The van der Waals surface area contributed by atoms with Gasteiger partial charge in [0.15, 0.2) is 0 Å². The molecule has 5 heteroatoms. The second-order valence-corrected chi connectivity index (χ2v) is 6.01. The zero-order valence-electron chi connectivity index (χ0n) is 9.26. The van der Waals surface area contributed by atoms with Crippen LogP contribution >= 0.6 is 0 Å². The van der Waals surface area contributed by atoms with Gasteiger partial charge in [-0.2, -0.15) is 4.31 Å². The summed E-state index contributed by atoms with van der Waals surface area (Å²) in [5.74, 6) is 0.101. The molecule has 1 N–H and O–H groups in total. The van der Waals surface area contributed by atoms with Crippen LogP contribution in [0.4, 0.5) is 0 Å². The Labute approximate surface area is 96.3 Å². The Morgan fingerprint density at radius 3 is 2.50 bits per heavy atom. The average molecular weight is 240 g/mol. The quantitative estimate of drug-likeness (QED) is 0.830. The molecule has 0 aromatic heterocycles. The molecule has 0 aliphatic carbocycles. The Balaban J connectivity index is 2.00. The highest BCUT2D eigenvalue weighted by molar-refractivity contribution is 7.88. The molecule has 0 saturated carbocycles. The fourth-order valence-electron chi connectivity index (χ4n) is 1.72. The second kappa shape index (κ2) is 4.53. The lowest BCUT2D eigenvalue weighted by Gasteiger charge is -2.37. The molecule has 0 bridgehead atoms. The van der Waals surface area contributed by atoms with E-state index in [1.807, 2.05) is 37.4 Å². The van der Waals surface area contributed by atoms with Crippen molar-refractivity contribution in [2.24, 2.45) is 0 Å². The van der Waals surface area contributed by atoms with Crippen molar-refractivity contribution in [3.05, 3.63) is 35.9 Å². The molecular weight excluding hydrogens is 224 g/mol. The smallest absolute Gasteiger partial charge is 0.218 e. The molecule has 1 aromatic rings. The summed E-state index contributed by atoms with van der Waals surface area (Å²) >= 11 is 0. The van der Waals surface area contributed by atoms with E-state index in [2.05, 4.69) is 5.32 Å². The number of hydrogen-bond acceptors (Lipinski definition) is 3. The summed E-state index contributed by atoms with van der Waals surface area (Å²) in [7, 11) is -1.27. The minimum atomic E-state index is -3.13. The highest BCUT2D eigenvalue weighted by atomic mass is 32.2. The fraction of sp³-hybridized carbons (Fsp3) is 0.455. The summed E-state index contributed by atoms with van der Waals surface area (Å²) < 4.78 is 25.4. The highest BCUT2D eigenvalue weighted by Crippen LogP contribution is 2.17. The predicted octanol–water partition coefficient (Wildman–Crippen LogP) is 0.420. The van der Waals surface area contributed by atoms with Gasteiger partial charge >= 0.3 is 0 Å². The van der Waals surface area contributed by atoms with Gasteiger partial charge in [-0.05, 0) is 12.6 Å². The topological polar surface area (TPSA) is 49.4 Å². The van der Waals surface area contributed by atoms with E-state index in [0.717, 1.165) is 5.56 Å². The standard InChI is InChI=1S/C11H16N2O2S/c1-12-11-7-13(8-11)16(14,15)9-10-5-3-2-4-6-10/h2-6,11-12H,7-9H2,1H3. The molecule has 1 saturated heterocycles. The van der Waals surface area contributed by atoms with Gasteiger partial charge in [0.05, 0.1) is 5.75 Å². The summed E-state index contributed by atoms with van der Waals surface area (Å²) in [6.45, 7) is 1.18. The number of benzene rings is 1. The maximum Gasteiger partial charge on any atom is 0.218 e. The molecule has 2 rings (SSSR count). The van der Waals surface area contributed by atoms with Gasteiger partial charge in [-0.3, -0.25) is 0 Å². The monoisotopic (exact) mass is 240 g/mol. The summed E-state index contributed by atoms with van der Waals surface area (Å²) in [5, 5.41) is 3.06. The van der Waals surface area contributed by atoms with Gasteiger partial charge in [-0.25, -0.2) is 8.42 Å². The van der Waals surface area contributed by atoms with Gasteiger partial charge in [0.25, 0.3) is 0 Å². The Hall–Kier alpha value is -0.910. The molecule has 0 radical (unpaired) electrons. The summed E-state index contributed by atoms with van der Waals surface area (Å²) in [6.07, 6.45) is 0. The molecule has 88 valence electrons. The molecule has 1 fully saturated rings. The molecule has 16 heavy (non-hydrogen) atoms. The Bertz CT molecular complexity index is 438. The first-order valence-corrected chi connectivity index (χ1v) is 6.92. The fourth-order valence-corrected chi connectivity index (χ4v) is 3.33. The zero-order valence-corrected chi connectivity index (χ0v) is 10.1. The van der Waals surface area contributed by atoms with Gasteiger partial charge in [-0.1, -0.05) is 30.3 Å². The normalized spacial score (nSPS) is 18.3. The van der Waals surface area contributed by atoms with E-state index in [-0.39, 0.29) is 5.75 Å². The van der Waals surface area contributed by atoms with Crippen molar-refractivity contribution < 1.29 is 8.42 Å². The van der Waals surface area contributed by atoms with Crippen LogP contribution < -0.4 is 5.32 Å². The molecule has 0 amide bonds. The number of sulfonamides is 1. The first-order valence-electron chi connectivity index (χ1n) is 5.31. The Morgan fingerprint density at radius 1 is 1.31 bits per heavy atom. The van der Waals surface area contributed by atoms with Crippen LogP contribution in [0.2, 0.25) is 0 Å². The molecule has 4 nitrogen and oxygen atoms in total. The van der Waals surface area contributed by atoms with Crippen molar-refractivity contribution in [2.45, 2.75) is 11.8 Å². The van der Waals surface area contributed by atoms with Crippen LogP contribution in [-0.2, 0) is 15.8 Å². The second-order valence-electron chi connectivity index (χ2n) is 4.04. The van der Waals surface area contributed by atoms with Gasteiger partial charge < -0.3 is 5.32 Å². The average Bonchev–Trinajstić information content (AvgIpc) is 2.16. The number of nitrogens with one attached hydrogen (secondary N) is 1. The van der Waals surface area contributed by atoms with Crippen LogP contribution in [0, 0.1) is 0 Å². The van der Waals surface area contributed by atoms with E-state index in [1.165, 1.54) is 4.31 Å². The minimum absolute atomic E-state index is 0.101. The lowest BCUT2D eigenvalue weighted by molar-refractivity contribution is 0.236. The van der Waals surface area contributed by atoms with E-state index in [4.69, 9.17) is 0 Å². The third-order valence-corrected chi connectivity index (χ3v) is 4.62. The van der Waals surface area contributed by atoms with E-state index < -0.39 is 10.0 Å². The number of likely N-dealkylation sites (N-methyl/N-ethyl adjacent to an activating group) is 1. The molecule has 1 aliphatic rings. The van der Waals surface area contributed by atoms with Crippen LogP contribution in [0.1, 0.15) is 5.56 Å². The highest BCUT2D eigenvalue weighted by Gasteiger charge is 2.34. The molecule has 0 spiro atoms. The van der Waals surface area contributed by atoms with E-state index in [0.29, 0.717) is 19.1 Å². The van der Waals surface area contributed by atoms with Crippen molar-refractivity contribution in [1.82, 2.24) is 9.62 Å². The first-order chi connectivity index (χ1) is 7.62. The Morgan fingerprint density at radius 2 is 1.94 bits per heavy atom. The van der Waals surface area contributed by atoms with Crippen molar-refractivity contribution >= 4 is 10.0 Å². The van der Waals surface area contributed by atoms with Gasteiger partial charge in [0.1, 0.15) is 0 Å². The molecule has 0 atom stereocenters. The van der Waals surface area contributed by atoms with Crippen LogP contribution in [0.5, 0.6) is 0 Å². The first kappa shape index (κ1) is 11.6. The zero-order chi connectivity index (χ0) is 11.6. The van der Waals surface area contributed by atoms with Crippen molar-refractivity contribution in [1.29, 1.82) is 0 Å². The summed E-state index contributed by atoms with van der Waals surface area (Å²) in [5.41, 5.74) is 0.843. The third-order valence-electron chi connectivity index (χ3n) is 2.84. The van der Waals surface area contributed by atoms with Gasteiger partial charge in [-0.15, -0.1) is 0 Å². The molecule has 1 aliphatic heterocycles. The molecule has 1 heterocycles. The maximum absolute atomic E-state index is 11.9. The lowest BCUT2D eigenvalue weighted by Crippen LogP contribution is -2.58. The molecule has 0 unspecified atom stereocenters. The lowest BCUT2D eigenvalue weighted by atomic mass is 10.2. The van der Waals surface area contributed by atoms with E-state index in [1.54, 1.807) is 0 Å². The summed E-state index contributed by atoms with van der Waals surface area (Å²) in [6, 6.07) is 9.59. The Kier molecular flexibility index (Phi) is 3.28. The number of nitrogens with zero attached hydrogens (tertiary/aromatic N) is 1. The van der Waals surface area contributed by atoms with E-state index in [9.17, 15) is 8.42 Å². The summed E-state index contributed by atoms with van der Waals surface area (Å²) in [4.78, 5) is 0. The number of rotatable bonds is 4. The molecule has 1 aromatic carbocycles. The van der Waals surface area contributed by atoms with Gasteiger partial charge in [0, 0.05) is 19.1 Å². The largest absolute Gasteiger partial charge is 0.314 e. The SMILES string of the molecule is CNC1CN(S(=O)(=O)Cc2ccccc2)C1. The van der Waals surface area contributed by atoms with Crippen LogP contribution in [0.3, 0.4) is 0 Å².